The zero-order valence-electron chi connectivity index (χ0n) is 11.7. The number of pyridine rings is 1. The summed E-state index contributed by atoms with van der Waals surface area (Å²) in [6.07, 6.45) is 5.54. The third-order valence-corrected chi connectivity index (χ3v) is 3.89. The topological polar surface area (TPSA) is 71.5 Å². The number of carbonyl (C=O) groups excluding carboxylic acids is 1. The minimum absolute atomic E-state index is 0.0482. The van der Waals surface area contributed by atoms with Gasteiger partial charge >= 0.3 is 0 Å². The maximum absolute atomic E-state index is 12.2. The van der Waals surface area contributed by atoms with E-state index in [0.717, 1.165) is 24.8 Å². The molecular weight excluding hydrogens is 268 g/mol. The highest BCUT2D eigenvalue weighted by Gasteiger charge is 2.41. The molecule has 0 aliphatic carbocycles. The van der Waals surface area contributed by atoms with Crippen LogP contribution in [0.4, 0.5) is 0 Å². The molecular formula is C16H18N2O3. The van der Waals surface area contributed by atoms with E-state index >= 15 is 0 Å². The summed E-state index contributed by atoms with van der Waals surface area (Å²) in [4.78, 5) is 16.3. The summed E-state index contributed by atoms with van der Waals surface area (Å²) in [7, 11) is 0. The van der Waals surface area contributed by atoms with Crippen LogP contribution in [0.5, 0.6) is 0 Å². The Morgan fingerprint density at radius 3 is 3.00 bits per heavy atom. The van der Waals surface area contributed by atoms with Crippen LogP contribution in [0.2, 0.25) is 0 Å². The fourth-order valence-electron chi connectivity index (χ4n) is 2.85. The molecule has 3 rings (SSSR count). The molecule has 3 atom stereocenters. The first-order chi connectivity index (χ1) is 10.3. The fraction of sp³-hybridized carbons (Fsp3) is 0.500. The van der Waals surface area contributed by atoms with Crippen LogP contribution in [-0.2, 0) is 4.74 Å². The largest absolute Gasteiger partial charge is 0.395 e. The van der Waals surface area contributed by atoms with Crippen LogP contribution < -0.4 is 5.32 Å². The van der Waals surface area contributed by atoms with E-state index in [1.807, 2.05) is 0 Å². The summed E-state index contributed by atoms with van der Waals surface area (Å²) in [6, 6.07) is 3.55. The third kappa shape index (κ3) is 3.23. The molecule has 21 heavy (non-hydrogen) atoms. The molecule has 1 aromatic heterocycles. The van der Waals surface area contributed by atoms with E-state index in [1.165, 1.54) is 0 Å². The van der Waals surface area contributed by atoms with E-state index < -0.39 is 0 Å². The van der Waals surface area contributed by atoms with Crippen LogP contribution >= 0.6 is 0 Å². The van der Waals surface area contributed by atoms with Gasteiger partial charge in [0.15, 0.2) is 0 Å². The van der Waals surface area contributed by atoms with Crippen molar-refractivity contribution in [1.82, 2.24) is 10.3 Å². The first-order valence-electron chi connectivity index (χ1n) is 7.28. The normalized spacial score (nSPS) is 26.2. The molecule has 3 heterocycles. The van der Waals surface area contributed by atoms with Crippen LogP contribution in [0, 0.1) is 11.8 Å². The highest BCUT2D eigenvalue weighted by molar-refractivity contribution is 5.92. The van der Waals surface area contributed by atoms with Crippen LogP contribution in [0.1, 0.15) is 41.7 Å². The van der Waals surface area contributed by atoms with E-state index in [4.69, 9.17) is 9.84 Å². The molecule has 0 spiro atoms. The molecule has 0 aromatic carbocycles. The smallest absolute Gasteiger partial charge is 0.270 e. The van der Waals surface area contributed by atoms with Gasteiger partial charge in [0.05, 0.1) is 24.9 Å². The molecule has 0 saturated carbocycles. The fourth-order valence-corrected chi connectivity index (χ4v) is 2.85. The van der Waals surface area contributed by atoms with Crippen LogP contribution in [0.3, 0.4) is 0 Å². The molecule has 2 fully saturated rings. The second kappa shape index (κ2) is 6.25. The highest BCUT2D eigenvalue weighted by atomic mass is 16.5. The summed E-state index contributed by atoms with van der Waals surface area (Å²) < 4.78 is 5.72. The van der Waals surface area contributed by atoms with Gasteiger partial charge in [-0.15, -0.1) is 0 Å². The molecule has 2 aliphatic rings. The van der Waals surface area contributed by atoms with Gasteiger partial charge in [-0.3, -0.25) is 4.79 Å². The lowest BCUT2D eigenvalue weighted by molar-refractivity contribution is 0.0837. The Kier molecular flexibility index (Phi) is 4.18. The lowest BCUT2D eigenvalue weighted by atomic mass is 9.95. The van der Waals surface area contributed by atoms with Gasteiger partial charge < -0.3 is 15.2 Å². The van der Waals surface area contributed by atoms with E-state index in [-0.39, 0.29) is 24.7 Å². The Morgan fingerprint density at radius 2 is 2.38 bits per heavy atom. The molecule has 110 valence electrons. The molecule has 5 nitrogen and oxygen atoms in total. The van der Waals surface area contributed by atoms with Gasteiger partial charge in [-0.1, -0.05) is 11.8 Å². The number of fused-ring (bicyclic) bond motifs is 2. The van der Waals surface area contributed by atoms with Gasteiger partial charge in [0.2, 0.25) is 0 Å². The summed E-state index contributed by atoms with van der Waals surface area (Å²) in [6.45, 7) is 0.0482. The Balaban J connectivity index is 1.59. The minimum atomic E-state index is -0.161. The number of nitrogens with one attached hydrogen (secondary N) is 1. The molecule has 2 bridgehead atoms. The Bertz CT molecular complexity index is 573. The van der Waals surface area contributed by atoms with E-state index in [0.29, 0.717) is 18.2 Å². The molecule has 3 unspecified atom stereocenters. The number of hydrogen-bond donors (Lipinski definition) is 2. The SMILES string of the molecule is O=C(NC1CC2CCC1O2)c1ccc(C#CCCO)cn1. The number of aromatic nitrogens is 1. The van der Waals surface area contributed by atoms with Gasteiger partial charge in [0.1, 0.15) is 5.69 Å². The Labute approximate surface area is 123 Å². The van der Waals surface area contributed by atoms with Crippen LogP contribution in [0.15, 0.2) is 18.3 Å². The maximum atomic E-state index is 12.2. The van der Waals surface area contributed by atoms with Gasteiger partial charge in [0.25, 0.3) is 5.91 Å². The van der Waals surface area contributed by atoms with Crippen molar-refractivity contribution in [3.05, 3.63) is 29.6 Å². The number of aliphatic hydroxyl groups is 1. The highest BCUT2D eigenvalue weighted by Crippen LogP contribution is 2.34. The molecule has 5 heteroatoms. The zero-order valence-corrected chi connectivity index (χ0v) is 11.7. The van der Waals surface area contributed by atoms with Crippen molar-refractivity contribution < 1.29 is 14.6 Å². The quantitative estimate of drug-likeness (QED) is 0.809. The van der Waals surface area contributed by atoms with E-state index in [2.05, 4.69) is 22.1 Å². The predicted octanol–water partition coefficient (Wildman–Crippen LogP) is 0.865. The van der Waals surface area contributed by atoms with Crippen molar-refractivity contribution in [2.75, 3.05) is 6.61 Å². The molecule has 2 N–H and O–H groups in total. The summed E-state index contributed by atoms with van der Waals surface area (Å²) in [5.41, 5.74) is 1.13. The Morgan fingerprint density at radius 1 is 1.48 bits per heavy atom. The number of nitrogens with zero attached hydrogens (tertiary/aromatic N) is 1. The summed E-state index contributed by atoms with van der Waals surface area (Å²) in [5.74, 6) is 5.54. The molecule has 2 aliphatic heterocycles. The average Bonchev–Trinajstić information content (AvgIpc) is 3.11. The van der Waals surface area contributed by atoms with Crippen LogP contribution in [0.25, 0.3) is 0 Å². The second-order valence-corrected chi connectivity index (χ2v) is 5.40. The predicted molar refractivity (Wildman–Crippen MR) is 76.6 cm³/mol. The molecule has 1 aromatic rings. The van der Waals surface area contributed by atoms with Crippen molar-refractivity contribution in [3.63, 3.8) is 0 Å². The standard InChI is InChI=1S/C16H18N2O3/c19-8-2-1-3-11-4-6-13(17-10-11)16(20)18-14-9-12-5-7-15(14)21-12/h4,6,10,12,14-15,19H,2,5,7-9H2,(H,18,20). The van der Waals surface area contributed by atoms with Gasteiger partial charge in [-0.25, -0.2) is 4.98 Å². The van der Waals surface area contributed by atoms with Crippen LogP contribution in [-0.4, -0.2) is 40.9 Å². The molecule has 2 saturated heterocycles. The second-order valence-electron chi connectivity index (χ2n) is 5.40. The first-order valence-corrected chi connectivity index (χ1v) is 7.28. The lowest BCUT2D eigenvalue weighted by Crippen LogP contribution is -2.41. The van der Waals surface area contributed by atoms with Gasteiger partial charge in [-0.05, 0) is 31.4 Å². The maximum Gasteiger partial charge on any atom is 0.270 e. The van der Waals surface area contributed by atoms with Gasteiger partial charge in [-0.2, -0.15) is 0 Å². The van der Waals surface area contributed by atoms with Gasteiger partial charge in [0, 0.05) is 18.2 Å². The van der Waals surface area contributed by atoms with Crippen molar-refractivity contribution in [3.8, 4) is 11.8 Å². The van der Waals surface area contributed by atoms with Crippen molar-refractivity contribution in [2.24, 2.45) is 0 Å². The minimum Gasteiger partial charge on any atom is -0.395 e. The number of aliphatic hydroxyl groups excluding tert-OH is 1. The zero-order chi connectivity index (χ0) is 14.7. The molecule has 0 radical (unpaired) electrons. The third-order valence-electron chi connectivity index (χ3n) is 3.89. The number of rotatable bonds is 3. The number of hydrogen-bond acceptors (Lipinski definition) is 4. The molecule has 1 amide bonds. The van der Waals surface area contributed by atoms with E-state index in [1.54, 1.807) is 18.3 Å². The number of carbonyl (C=O) groups is 1. The summed E-state index contributed by atoms with van der Waals surface area (Å²) >= 11 is 0. The van der Waals surface area contributed by atoms with Crippen molar-refractivity contribution in [2.45, 2.75) is 43.9 Å². The summed E-state index contributed by atoms with van der Waals surface area (Å²) in [5, 5.41) is 11.7. The lowest BCUT2D eigenvalue weighted by Gasteiger charge is -2.19. The van der Waals surface area contributed by atoms with E-state index in [9.17, 15) is 4.79 Å². The van der Waals surface area contributed by atoms with Crippen molar-refractivity contribution >= 4 is 5.91 Å². The number of amides is 1. The average molecular weight is 286 g/mol. The number of ether oxygens (including phenoxy) is 1. The monoisotopic (exact) mass is 286 g/mol. The Hall–Kier alpha value is -1.90. The van der Waals surface area contributed by atoms with Crippen molar-refractivity contribution in [1.29, 1.82) is 0 Å². The first kappa shape index (κ1) is 14.1.